The molecule has 2 nitrogen and oxygen atoms in total. The fourth-order valence-corrected chi connectivity index (χ4v) is 2.39. The molecule has 0 aliphatic heterocycles. The molecular formula is C10H23O2P. The molecule has 1 atom stereocenters. The average Bonchev–Trinajstić information content (AvgIpc) is 2.03. The van der Waals surface area contributed by atoms with E-state index < -0.39 is 7.37 Å². The summed E-state index contributed by atoms with van der Waals surface area (Å²) in [6.07, 6.45) is 6.19. The summed E-state index contributed by atoms with van der Waals surface area (Å²) in [5.41, 5.74) is -0.0707. The molecule has 13 heavy (non-hydrogen) atoms. The van der Waals surface area contributed by atoms with Crippen LogP contribution in [0.4, 0.5) is 0 Å². The lowest BCUT2D eigenvalue weighted by Gasteiger charge is -2.14. The Hall–Kier alpha value is 0.190. The maximum Gasteiger partial charge on any atom is 0.203 e. The predicted octanol–water partition coefficient (Wildman–Crippen LogP) is 3.64. The molecule has 0 aliphatic carbocycles. The third-order valence-electron chi connectivity index (χ3n) is 2.39. The van der Waals surface area contributed by atoms with Crippen LogP contribution in [-0.2, 0) is 4.57 Å². The standard InChI is InChI=1S/C10H23O2P/c1-4-5-6-7-8-9-13(11,12)10(2)3/h10H,4-9H2,1-3H3,(H,11,12). The molecular weight excluding hydrogens is 183 g/mol. The van der Waals surface area contributed by atoms with Crippen LogP contribution in [-0.4, -0.2) is 16.7 Å². The van der Waals surface area contributed by atoms with Crippen molar-refractivity contribution in [1.29, 1.82) is 0 Å². The molecule has 80 valence electrons. The minimum Gasteiger partial charge on any atom is -0.344 e. The fraction of sp³-hybridized carbons (Fsp3) is 1.00. The van der Waals surface area contributed by atoms with Crippen LogP contribution < -0.4 is 0 Å². The van der Waals surface area contributed by atoms with Crippen LogP contribution in [0.15, 0.2) is 0 Å². The van der Waals surface area contributed by atoms with Gasteiger partial charge in [-0.2, -0.15) is 0 Å². The van der Waals surface area contributed by atoms with Crippen LogP contribution in [0.3, 0.4) is 0 Å². The molecule has 0 rings (SSSR count). The highest BCUT2D eigenvalue weighted by Gasteiger charge is 2.21. The first-order chi connectivity index (χ1) is 6.00. The summed E-state index contributed by atoms with van der Waals surface area (Å²) in [6, 6.07) is 0. The second-order valence-electron chi connectivity index (χ2n) is 3.99. The number of hydrogen-bond donors (Lipinski definition) is 1. The molecule has 0 aromatic rings. The van der Waals surface area contributed by atoms with Crippen LogP contribution >= 0.6 is 7.37 Å². The first-order valence-corrected chi connectivity index (χ1v) is 7.23. The zero-order valence-corrected chi connectivity index (χ0v) is 10.0. The highest BCUT2D eigenvalue weighted by atomic mass is 31.2. The van der Waals surface area contributed by atoms with Crippen molar-refractivity contribution in [2.45, 2.75) is 58.5 Å². The van der Waals surface area contributed by atoms with E-state index in [4.69, 9.17) is 0 Å². The molecule has 0 spiro atoms. The van der Waals surface area contributed by atoms with Crippen LogP contribution in [0.2, 0.25) is 0 Å². The van der Waals surface area contributed by atoms with Gasteiger partial charge in [0.2, 0.25) is 7.37 Å². The Kier molecular flexibility index (Phi) is 6.71. The van der Waals surface area contributed by atoms with E-state index in [0.29, 0.717) is 6.16 Å². The number of rotatable bonds is 7. The third kappa shape index (κ3) is 6.29. The fourth-order valence-electron chi connectivity index (χ4n) is 1.20. The predicted molar refractivity (Wildman–Crippen MR) is 58.6 cm³/mol. The first-order valence-electron chi connectivity index (χ1n) is 5.32. The Morgan fingerprint density at radius 2 is 1.69 bits per heavy atom. The normalized spacial score (nSPS) is 16.1. The van der Waals surface area contributed by atoms with Crippen molar-refractivity contribution in [2.24, 2.45) is 0 Å². The van der Waals surface area contributed by atoms with Gasteiger partial charge in [0.25, 0.3) is 0 Å². The minimum atomic E-state index is -2.81. The zero-order chi connectivity index (χ0) is 10.3. The first kappa shape index (κ1) is 13.2. The molecule has 1 unspecified atom stereocenters. The quantitative estimate of drug-likeness (QED) is 0.510. The van der Waals surface area contributed by atoms with E-state index in [-0.39, 0.29) is 5.66 Å². The van der Waals surface area contributed by atoms with Gasteiger partial charge in [-0.3, -0.25) is 4.57 Å². The molecule has 0 aromatic heterocycles. The van der Waals surface area contributed by atoms with Crippen molar-refractivity contribution in [2.75, 3.05) is 6.16 Å². The van der Waals surface area contributed by atoms with E-state index in [2.05, 4.69) is 6.92 Å². The Morgan fingerprint density at radius 1 is 1.15 bits per heavy atom. The third-order valence-corrected chi connectivity index (χ3v) is 4.96. The van der Waals surface area contributed by atoms with Gasteiger partial charge >= 0.3 is 0 Å². The summed E-state index contributed by atoms with van der Waals surface area (Å²) in [4.78, 5) is 9.50. The van der Waals surface area contributed by atoms with E-state index in [1.54, 1.807) is 0 Å². The lowest BCUT2D eigenvalue weighted by molar-refractivity contribution is 0.464. The molecule has 0 saturated heterocycles. The maximum absolute atomic E-state index is 11.5. The van der Waals surface area contributed by atoms with Crippen molar-refractivity contribution >= 4 is 7.37 Å². The highest BCUT2D eigenvalue weighted by Crippen LogP contribution is 2.46. The van der Waals surface area contributed by atoms with E-state index in [1.165, 1.54) is 19.3 Å². The molecule has 1 N–H and O–H groups in total. The Labute approximate surface area is 82.2 Å². The molecule has 0 saturated carbocycles. The van der Waals surface area contributed by atoms with Gasteiger partial charge in [-0.1, -0.05) is 46.5 Å². The highest BCUT2D eigenvalue weighted by molar-refractivity contribution is 7.58. The SMILES string of the molecule is CCCCCCCP(=O)(O)C(C)C. The van der Waals surface area contributed by atoms with Gasteiger partial charge in [-0.15, -0.1) is 0 Å². The lowest BCUT2D eigenvalue weighted by atomic mass is 10.2. The van der Waals surface area contributed by atoms with E-state index in [1.807, 2.05) is 13.8 Å². The zero-order valence-electron chi connectivity index (χ0n) is 9.12. The largest absolute Gasteiger partial charge is 0.344 e. The Balaban J connectivity index is 3.47. The van der Waals surface area contributed by atoms with Crippen LogP contribution in [0.1, 0.15) is 52.9 Å². The van der Waals surface area contributed by atoms with Crippen molar-refractivity contribution in [1.82, 2.24) is 0 Å². The summed E-state index contributed by atoms with van der Waals surface area (Å²) < 4.78 is 11.5. The van der Waals surface area contributed by atoms with Crippen LogP contribution in [0.25, 0.3) is 0 Å². The Morgan fingerprint density at radius 3 is 2.15 bits per heavy atom. The van der Waals surface area contributed by atoms with Gasteiger partial charge in [-0.25, -0.2) is 0 Å². The van der Waals surface area contributed by atoms with Gasteiger partial charge in [0.15, 0.2) is 0 Å². The van der Waals surface area contributed by atoms with E-state index >= 15 is 0 Å². The molecule has 0 aliphatic rings. The van der Waals surface area contributed by atoms with E-state index in [9.17, 15) is 9.46 Å². The molecule has 0 fully saturated rings. The molecule has 0 radical (unpaired) electrons. The summed E-state index contributed by atoms with van der Waals surface area (Å²) in [5, 5.41) is 0. The topological polar surface area (TPSA) is 37.3 Å². The van der Waals surface area contributed by atoms with Crippen molar-refractivity contribution in [3.05, 3.63) is 0 Å². The smallest absolute Gasteiger partial charge is 0.203 e. The molecule has 0 amide bonds. The van der Waals surface area contributed by atoms with Gasteiger partial charge in [-0.05, 0) is 6.42 Å². The van der Waals surface area contributed by atoms with Crippen LogP contribution in [0.5, 0.6) is 0 Å². The Bertz CT molecular complexity index is 166. The second-order valence-corrected chi connectivity index (χ2v) is 6.98. The summed E-state index contributed by atoms with van der Waals surface area (Å²) >= 11 is 0. The second kappa shape index (κ2) is 6.62. The van der Waals surface area contributed by atoms with Gasteiger partial charge < -0.3 is 4.89 Å². The molecule has 0 aromatic carbocycles. The van der Waals surface area contributed by atoms with Crippen molar-refractivity contribution in [3.8, 4) is 0 Å². The average molecular weight is 206 g/mol. The van der Waals surface area contributed by atoms with Crippen molar-refractivity contribution < 1.29 is 9.46 Å². The monoisotopic (exact) mass is 206 g/mol. The number of hydrogen-bond acceptors (Lipinski definition) is 1. The van der Waals surface area contributed by atoms with Gasteiger partial charge in [0, 0.05) is 11.8 Å². The molecule has 0 bridgehead atoms. The van der Waals surface area contributed by atoms with Gasteiger partial charge in [0.1, 0.15) is 0 Å². The van der Waals surface area contributed by atoms with E-state index in [0.717, 1.165) is 12.8 Å². The molecule has 0 heterocycles. The number of unbranched alkanes of at least 4 members (excludes halogenated alkanes) is 4. The lowest BCUT2D eigenvalue weighted by Crippen LogP contribution is -2.01. The summed E-state index contributed by atoms with van der Waals surface area (Å²) in [7, 11) is -2.81. The van der Waals surface area contributed by atoms with Gasteiger partial charge in [0.05, 0.1) is 0 Å². The van der Waals surface area contributed by atoms with Crippen LogP contribution in [0, 0.1) is 0 Å². The van der Waals surface area contributed by atoms with Crippen molar-refractivity contribution in [3.63, 3.8) is 0 Å². The summed E-state index contributed by atoms with van der Waals surface area (Å²) in [6.45, 7) is 5.82. The summed E-state index contributed by atoms with van der Waals surface area (Å²) in [5.74, 6) is 0. The maximum atomic E-state index is 11.5. The minimum absolute atomic E-state index is 0.0707. The molecule has 3 heteroatoms.